The number of likely N-dealkylation sites (tertiary alicyclic amines) is 1. The predicted octanol–water partition coefficient (Wildman–Crippen LogP) is 2.43. The normalized spacial score (nSPS) is 21.8. The molecule has 1 aliphatic heterocycles. The Kier molecular flexibility index (Phi) is 4.41. The minimum absolute atomic E-state index is 0.612. The van der Waals surface area contributed by atoms with E-state index in [0.29, 0.717) is 6.04 Å². The summed E-state index contributed by atoms with van der Waals surface area (Å²) in [6, 6.07) is 1.36. The van der Waals surface area contributed by atoms with Gasteiger partial charge in [-0.15, -0.1) is 0 Å². The fraction of sp³-hybridized carbons (Fsp3) is 0.812. The second kappa shape index (κ2) is 6.27. The Morgan fingerprint density at radius 2 is 2.00 bits per heavy atom. The minimum atomic E-state index is 0.612. The van der Waals surface area contributed by atoms with E-state index in [0.717, 1.165) is 18.5 Å². The molecule has 1 N–H and O–H groups in total. The van der Waals surface area contributed by atoms with Gasteiger partial charge in [-0.25, -0.2) is 4.98 Å². The molecule has 0 amide bonds. The Bertz CT molecular complexity index is 414. The van der Waals surface area contributed by atoms with Crippen molar-refractivity contribution < 1.29 is 0 Å². The van der Waals surface area contributed by atoms with E-state index in [1.165, 1.54) is 51.0 Å². The van der Waals surface area contributed by atoms with Gasteiger partial charge in [0.2, 0.25) is 0 Å². The quantitative estimate of drug-likeness (QED) is 0.866. The van der Waals surface area contributed by atoms with Gasteiger partial charge in [-0.2, -0.15) is 0 Å². The molecule has 0 bridgehead atoms. The van der Waals surface area contributed by atoms with Crippen LogP contribution >= 0.6 is 0 Å². The van der Waals surface area contributed by atoms with Gasteiger partial charge in [-0.05, 0) is 51.2 Å². The van der Waals surface area contributed by atoms with Gasteiger partial charge in [0, 0.05) is 24.8 Å². The minimum Gasteiger partial charge on any atom is -0.330 e. The number of piperidine rings is 1. The first-order valence-corrected chi connectivity index (χ1v) is 8.19. The number of hydrogen-bond acceptors (Lipinski definition) is 3. The van der Waals surface area contributed by atoms with Crippen LogP contribution in [0.25, 0.3) is 0 Å². The molecule has 0 spiro atoms. The molecule has 1 saturated heterocycles. The van der Waals surface area contributed by atoms with Gasteiger partial charge in [-0.3, -0.25) is 4.90 Å². The molecule has 1 saturated carbocycles. The van der Waals surface area contributed by atoms with Gasteiger partial charge in [-0.1, -0.05) is 13.8 Å². The first-order valence-electron chi connectivity index (χ1n) is 8.19. The number of aromatic nitrogens is 2. The SMILES string of the molecule is CC(C)NCC1CCN(Cc2cncn2C2CC2)CC1. The highest BCUT2D eigenvalue weighted by molar-refractivity contribution is 5.03. The van der Waals surface area contributed by atoms with Crippen LogP contribution in [0.5, 0.6) is 0 Å². The molecule has 3 rings (SSSR count). The van der Waals surface area contributed by atoms with Crippen molar-refractivity contribution in [3.63, 3.8) is 0 Å². The zero-order chi connectivity index (χ0) is 13.9. The maximum absolute atomic E-state index is 4.34. The van der Waals surface area contributed by atoms with Crippen molar-refractivity contribution in [2.75, 3.05) is 19.6 Å². The molecule has 112 valence electrons. The van der Waals surface area contributed by atoms with Crippen LogP contribution in [0.1, 0.15) is 51.3 Å². The molecular formula is C16H28N4. The highest BCUT2D eigenvalue weighted by Gasteiger charge is 2.26. The fourth-order valence-electron chi connectivity index (χ4n) is 3.12. The number of nitrogens with zero attached hydrogens (tertiary/aromatic N) is 3. The van der Waals surface area contributed by atoms with Gasteiger partial charge >= 0.3 is 0 Å². The van der Waals surface area contributed by atoms with Crippen LogP contribution in [0, 0.1) is 5.92 Å². The molecule has 0 unspecified atom stereocenters. The van der Waals surface area contributed by atoms with Crippen LogP contribution in [-0.4, -0.2) is 40.1 Å². The van der Waals surface area contributed by atoms with E-state index >= 15 is 0 Å². The summed E-state index contributed by atoms with van der Waals surface area (Å²) in [6.45, 7) is 9.20. The molecule has 1 aromatic rings. The predicted molar refractivity (Wildman–Crippen MR) is 81.6 cm³/mol. The number of imidazole rings is 1. The number of hydrogen-bond donors (Lipinski definition) is 1. The van der Waals surface area contributed by atoms with Crippen LogP contribution < -0.4 is 5.32 Å². The van der Waals surface area contributed by atoms with Crippen LogP contribution in [0.2, 0.25) is 0 Å². The van der Waals surface area contributed by atoms with E-state index in [2.05, 4.69) is 39.8 Å². The summed E-state index contributed by atoms with van der Waals surface area (Å²) in [7, 11) is 0. The molecule has 1 aliphatic carbocycles. The second-order valence-electron chi connectivity index (χ2n) is 6.81. The average Bonchev–Trinajstić information content (AvgIpc) is 3.18. The summed E-state index contributed by atoms with van der Waals surface area (Å²) in [4.78, 5) is 6.94. The lowest BCUT2D eigenvalue weighted by Gasteiger charge is -2.32. The summed E-state index contributed by atoms with van der Waals surface area (Å²) in [5.41, 5.74) is 1.41. The summed E-state index contributed by atoms with van der Waals surface area (Å²) in [5.74, 6) is 0.863. The Morgan fingerprint density at radius 1 is 1.25 bits per heavy atom. The second-order valence-corrected chi connectivity index (χ2v) is 6.81. The number of nitrogens with one attached hydrogen (secondary N) is 1. The smallest absolute Gasteiger partial charge is 0.0951 e. The zero-order valence-electron chi connectivity index (χ0n) is 12.9. The van der Waals surface area contributed by atoms with Crippen molar-refractivity contribution in [2.24, 2.45) is 5.92 Å². The summed E-state index contributed by atoms with van der Waals surface area (Å²) < 4.78 is 2.40. The lowest BCUT2D eigenvalue weighted by atomic mass is 9.96. The lowest BCUT2D eigenvalue weighted by Crippen LogP contribution is -2.38. The molecule has 2 fully saturated rings. The van der Waals surface area contributed by atoms with Crippen LogP contribution in [-0.2, 0) is 6.54 Å². The van der Waals surface area contributed by atoms with Gasteiger partial charge in [0.1, 0.15) is 0 Å². The van der Waals surface area contributed by atoms with Crippen molar-refractivity contribution in [2.45, 2.75) is 58.2 Å². The summed E-state index contributed by atoms with van der Waals surface area (Å²) in [5, 5.41) is 3.58. The first kappa shape index (κ1) is 14.1. The van der Waals surface area contributed by atoms with Gasteiger partial charge in [0.15, 0.2) is 0 Å². The van der Waals surface area contributed by atoms with Gasteiger partial charge in [0.25, 0.3) is 0 Å². The van der Waals surface area contributed by atoms with E-state index in [9.17, 15) is 0 Å². The maximum atomic E-state index is 4.34. The van der Waals surface area contributed by atoms with Crippen molar-refractivity contribution >= 4 is 0 Å². The molecule has 1 aromatic heterocycles. The van der Waals surface area contributed by atoms with E-state index in [1.807, 2.05) is 6.33 Å². The average molecular weight is 276 g/mol. The summed E-state index contributed by atoms with van der Waals surface area (Å²) in [6.07, 6.45) is 9.42. The molecule has 0 aromatic carbocycles. The Morgan fingerprint density at radius 3 is 2.65 bits per heavy atom. The van der Waals surface area contributed by atoms with Gasteiger partial charge in [0.05, 0.1) is 12.0 Å². The van der Waals surface area contributed by atoms with Crippen molar-refractivity contribution in [1.29, 1.82) is 0 Å². The Hall–Kier alpha value is -0.870. The highest BCUT2D eigenvalue weighted by Crippen LogP contribution is 2.36. The van der Waals surface area contributed by atoms with Gasteiger partial charge < -0.3 is 9.88 Å². The molecule has 4 nitrogen and oxygen atoms in total. The first-order chi connectivity index (χ1) is 9.72. The summed E-state index contributed by atoms with van der Waals surface area (Å²) >= 11 is 0. The maximum Gasteiger partial charge on any atom is 0.0951 e. The topological polar surface area (TPSA) is 33.1 Å². The fourth-order valence-corrected chi connectivity index (χ4v) is 3.12. The van der Waals surface area contributed by atoms with Crippen molar-refractivity contribution in [3.05, 3.63) is 18.2 Å². The lowest BCUT2D eigenvalue weighted by molar-refractivity contribution is 0.171. The third kappa shape index (κ3) is 3.61. The molecule has 4 heteroatoms. The van der Waals surface area contributed by atoms with E-state index in [4.69, 9.17) is 0 Å². The van der Waals surface area contributed by atoms with Crippen LogP contribution in [0.3, 0.4) is 0 Å². The van der Waals surface area contributed by atoms with Crippen molar-refractivity contribution in [3.8, 4) is 0 Å². The molecular weight excluding hydrogens is 248 g/mol. The van der Waals surface area contributed by atoms with Crippen molar-refractivity contribution in [1.82, 2.24) is 19.8 Å². The van der Waals surface area contributed by atoms with E-state index < -0.39 is 0 Å². The molecule has 20 heavy (non-hydrogen) atoms. The Balaban J connectivity index is 1.45. The van der Waals surface area contributed by atoms with E-state index in [1.54, 1.807) is 0 Å². The molecule has 0 radical (unpaired) electrons. The Labute approximate surface area is 122 Å². The van der Waals surface area contributed by atoms with Crippen LogP contribution in [0.15, 0.2) is 12.5 Å². The largest absolute Gasteiger partial charge is 0.330 e. The highest BCUT2D eigenvalue weighted by atomic mass is 15.2. The zero-order valence-corrected chi connectivity index (χ0v) is 12.9. The molecule has 2 heterocycles. The third-order valence-electron chi connectivity index (χ3n) is 4.59. The standard InChI is InChI=1S/C16H28N4/c1-13(2)18-9-14-5-7-19(8-6-14)11-16-10-17-12-20(16)15-3-4-15/h10,12-15,18H,3-9,11H2,1-2H3. The molecule has 2 aliphatic rings. The third-order valence-corrected chi connectivity index (χ3v) is 4.59. The van der Waals surface area contributed by atoms with Crippen LogP contribution in [0.4, 0.5) is 0 Å². The number of rotatable bonds is 6. The monoisotopic (exact) mass is 276 g/mol. The van der Waals surface area contributed by atoms with E-state index in [-0.39, 0.29) is 0 Å². The molecule has 0 atom stereocenters.